The molecule has 3 aromatic rings. The van der Waals surface area contributed by atoms with Crippen LogP contribution >= 0.6 is 22.9 Å². The average molecular weight is 414 g/mol. The number of likely N-dealkylation sites (N-methyl/N-ethyl adjacent to an activating group) is 1. The van der Waals surface area contributed by atoms with Crippen molar-refractivity contribution in [2.45, 2.75) is 25.3 Å². The zero-order chi connectivity index (χ0) is 19.5. The monoisotopic (exact) mass is 413 g/mol. The van der Waals surface area contributed by atoms with E-state index in [2.05, 4.69) is 23.1 Å². The molecule has 28 heavy (non-hydrogen) atoms. The SMILES string of the molecule is CN(Cc1cccc(Cl)c1)C(=O)CN1CCC[C@@H](c2nc3ccccc3s2)C1. The zero-order valence-corrected chi connectivity index (χ0v) is 17.5. The topological polar surface area (TPSA) is 36.4 Å². The Morgan fingerprint density at radius 1 is 1.29 bits per heavy atom. The summed E-state index contributed by atoms with van der Waals surface area (Å²) in [6.07, 6.45) is 2.24. The molecule has 4 rings (SSSR count). The third kappa shape index (κ3) is 4.54. The van der Waals surface area contributed by atoms with E-state index in [0.717, 1.165) is 37.0 Å². The summed E-state index contributed by atoms with van der Waals surface area (Å²) >= 11 is 7.84. The summed E-state index contributed by atoms with van der Waals surface area (Å²) in [7, 11) is 1.86. The van der Waals surface area contributed by atoms with E-state index in [0.29, 0.717) is 24.0 Å². The molecule has 1 aliphatic rings. The molecule has 0 bridgehead atoms. The van der Waals surface area contributed by atoms with Gasteiger partial charge in [0.25, 0.3) is 0 Å². The summed E-state index contributed by atoms with van der Waals surface area (Å²) in [6.45, 7) is 2.90. The molecule has 1 aliphatic heterocycles. The molecule has 1 saturated heterocycles. The number of halogens is 1. The number of hydrogen-bond donors (Lipinski definition) is 0. The Morgan fingerprint density at radius 3 is 2.96 bits per heavy atom. The highest BCUT2D eigenvalue weighted by molar-refractivity contribution is 7.18. The van der Waals surface area contributed by atoms with Crippen molar-refractivity contribution in [2.75, 3.05) is 26.7 Å². The smallest absolute Gasteiger partial charge is 0.236 e. The summed E-state index contributed by atoms with van der Waals surface area (Å²) in [5.74, 6) is 0.558. The quantitative estimate of drug-likeness (QED) is 0.603. The van der Waals surface area contributed by atoms with Crippen molar-refractivity contribution in [2.24, 2.45) is 0 Å². The van der Waals surface area contributed by atoms with E-state index in [1.165, 1.54) is 9.71 Å². The van der Waals surface area contributed by atoms with Crippen LogP contribution in [0.2, 0.25) is 5.02 Å². The number of rotatable bonds is 5. The summed E-state index contributed by atoms with van der Waals surface area (Å²) in [6, 6.07) is 16.0. The molecule has 1 fully saturated rings. The first-order chi connectivity index (χ1) is 13.6. The Hall–Kier alpha value is -1.95. The van der Waals surface area contributed by atoms with Gasteiger partial charge >= 0.3 is 0 Å². The van der Waals surface area contributed by atoms with E-state index in [1.54, 1.807) is 16.2 Å². The normalized spacial score (nSPS) is 17.7. The van der Waals surface area contributed by atoms with Crippen LogP contribution in [0.1, 0.15) is 29.3 Å². The number of hydrogen-bond acceptors (Lipinski definition) is 4. The van der Waals surface area contributed by atoms with Gasteiger partial charge < -0.3 is 4.90 Å². The van der Waals surface area contributed by atoms with Gasteiger partial charge in [-0.15, -0.1) is 11.3 Å². The van der Waals surface area contributed by atoms with E-state index in [1.807, 2.05) is 37.4 Å². The minimum atomic E-state index is 0.143. The number of likely N-dealkylation sites (tertiary alicyclic amines) is 1. The van der Waals surface area contributed by atoms with Gasteiger partial charge in [-0.3, -0.25) is 9.69 Å². The van der Waals surface area contributed by atoms with Crippen LogP contribution in [-0.4, -0.2) is 47.4 Å². The molecule has 0 radical (unpaired) electrons. The number of fused-ring (bicyclic) bond motifs is 1. The molecule has 0 aliphatic carbocycles. The highest BCUT2D eigenvalue weighted by Gasteiger charge is 2.26. The third-order valence-electron chi connectivity index (χ3n) is 5.26. The van der Waals surface area contributed by atoms with Crippen molar-refractivity contribution in [3.8, 4) is 0 Å². The third-order valence-corrected chi connectivity index (χ3v) is 6.69. The van der Waals surface area contributed by atoms with Crippen LogP contribution in [0.15, 0.2) is 48.5 Å². The number of benzene rings is 2. The first-order valence-electron chi connectivity index (χ1n) is 9.65. The van der Waals surface area contributed by atoms with Crippen LogP contribution in [0.3, 0.4) is 0 Å². The molecule has 0 spiro atoms. The minimum Gasteiger partial charge on any atom is -0.340 e. The van der Waals surface area contributed by atoms with Crippen LogP contribution in [0.25, 0.3) is 10.2 Å². The number of aromatic nitrogens is 1. The van der Waals surface area contributed by atoms with Crippen molar-refractivity contribution in [3.05, 3.63) is 64.1 Å². The molecule has 1 aromatic heterocycles. The van der Waals surface area contributed by atoms with E-state index in [4.69, 9.17) is 16.6 Å². The Labute approximate surface area is 174 Å². The summed E-state index contributed by atoms with van der Waals surface area (Å²) < 4.78 is 1.24. The summed E-state index contributed by atoms with van der Waals surface area (Å²) in [4.78, 5) is 21.6. The predicted octanol–water partition coefficient (Wildman–Crippen LogP) is 4.79. The van der Waals surface area contributed by atoms with Crippen molar-refractivity contribution in [1.29, 1.82) is 0 Å². The van der Waals surface area contributed by atoms with Gasteiger partial charge in [-0.1, -0.05) is 35.9 Å². The molecule has 6 heteroatoms. The van der Waals surface area contributed by atoms with E-state index < -0.39 is 0 Å². The molecule has 1 atom stereocenters. The second kappa shape index (κ2) is 8.60. The second-order valence-corrected chi connectivity index (χ2v) is 8.97. The predicted molar refractivity (Wildman–Crippen MR) is 116 cm³/mol. The fraction of sp³-hybridized carbons (Fsp3) is 0.364. The molecular weight excluding hydrogens is 390 g/mol. The van der Waals surface area contributed by atoms with Crippen molar-refractivity contribution in [3.63, 3.8) is 0 Å². The first kappa shape index (κ1) is 19.4. The maximum Gasteiger partial charge on any atom is 0.236 e. The van der Waals surface area contributed by atoms with Crippen LogP contribution in [0.5, 0.6) is 0 Å². The van der Waals surface area contributed by atoms with Crippen molar-refractivity contribution in [1.82, 2.24) is 14.8 Å². The maximum atomic E-state index is 12.7. The lowest BCUT2D eigenvalue weighted by Crippen LogP contribution is -2.42. The van der Waals surface area contributed by atoms with E-state index in [-0.39, 0.29) is 5.91 Å². The van der Waals surface area contributed by atoms with Gasteiger partial charge in [0.05, 0.1) is 21.8 Å². The fourth-order valence-corrected chi connectivity index (χ4v) is 5.08. The van der Waals surface area contributed by atoms with Gasteiger partial charge in [-0.25, -0.2) is 4.98 Å². The molecule has 2 heterocycles. The Bertz CT molecular complexity index is 940. The lowest BCUT2D eigenvalue weighted by Gasteiger charge is -2.32. The Balaban J connectivity index is 1.37. The highest BCUT2D eigenvalue weighted by Crippen LogP contribution is 2.32. The van der Waals surface area contributed by atoms with Crippen LogP contribution in [0.4, 0.5) is 0 Å². The van der Waals surface area contributed by atoms with Crippen LogP contribution < -0.4 is 0 Å². The van der Waals surface area contributed by atoms with E-state index in [9.17, 15) is 4.79 Å². The first-order valence-corrected chi connectivity index (χ1v) is 10.8. The van der Waals surface area contributed by atoms with Gasteiger partial charge in [0.15, 0.2) is 0 Å². The maximum absolute atomic E-state index is 12.7. The lowest BCUT2D eigenvalue weighted by molar-refractivity contribution is -0.131. The molecule has 1 amide bonds. The summed E-state index contributed by atoms with van der Waals surface area (Å²) in [5, 5.41) is 1.90. The lowest BCUT2D eigenvalue weighted by atomic mass is 9.98. The molecular formula is C22H24ClN3OS. The summed E-state index contributed by atoms with van der Waals surface area (Å²) in [5.41, 5.74) is 2.13. The largest absolute Gasteiger partial charge is 0.340 e. The average Bonchev–Trinajstić information content (AvgIpc) is 3.12. The zero-order valence-electron chi connectivity index (χ0n) is 16.0. The van der Waals surface area contributed by atoms with Crippen molar-refractivity contribution < 1.29 is 4.79 Å². The Morgan fingerprint density at radius 2 is 2.14 bits per heavy atom. The highest BCUT2D eigenvalue weighted by atomic mass is 35.5. The standard InChI is InChI=1S/C22H24ClN3OS/c1-25(13-16-6-4-8-18(23)12-16)21(27)15-26-11-5-7-17(14-26)22-24-19-9-2-3-10-20(19)28-22/h2-4,6,8-10,12,17H,5,7,11,13-15H2,1H3/t17-/m1/s1. The Kier molecular flexibility index (Phi) is 5.95. The minimum absolute atomic E-state index is 0.143. The molecule has 4 nitrogen and oxygen atoms in total. The number of carbonyl (C=O) groups excluding carboxylic acids is 1. The number of thiazole rings is 1. The van der Waals surface area contributed by atoms with Crippen molar-refractivity contribution >= 4 is 39.1 Å². The molecule has 0 saturated carbocycles. The van der Waals surface area contributed by atoms with Crippen LogP contribution in [-0.2, 0) is 11.3 Å². The van der Waals surface area contributed by atoms with Gasteiger partial charge in [-0.2, -0.15) is 0 Å². The fourth-order valence-electron chi connectivity index (χ4n) is 3.77. The number of para-hydroxylation sites is 1. The van der Waals surface area contributed by atoms with Crippen LogP contribution in [0, 0.1) is 0 Å². The van der Waals surface area contributed by atoms with Gasteiger partial charge in [0.1, 0.15) is 0 Å². The number of nitrogens with zero attached hydrogens (tertiary/aromatic N) is 3. The van der Waals surface area contributed by atoms with Gasteiger partial charge in [-0.05, 0) is 49.2 Å². The number of piperidine rings is 1. The number of carbonyl (C=O) groups is 1. The number of amides is 1. The van der Waals surface area contributed by atoms with Gasteiger partial charge in [0, 0.05) is 31.1 Å². The van der Waals surface area contributed by atoms with Gasteiger partial charge in [0.2, 0.25) is 5.91 Å². The molecule has 146 valence electrons. The second-order valence-electron chi connectivity index (χ2n) is 7.47. The van der Waals surface area contributed by atoms with E-state index >= 15 is 0 Å². The molecule has 2 aromatic carbocycles. The molecule has 0 unspecified atom stereocenters. The molecule has 0 N–H and O–H groups in total.